The van der Waals surface area contributed by atoms with E-state index in [-0.39, 0.29) is 31.1 Å². The Balaban J connectivity index is 2.27. The monoisotopic (exact) mass is 384 g/mol. The van der Waals surface area contributed by atoms with Gasteiger partial charge in [-0.3, -0.25) is 4.79 Å². The maximum atomic E-state index is 12.9. The van der Waals surface area contributed by atoms with Crippen LogP contribution in [0.25, 0.3) is 0 Å². The summed E-state index contributed by atoms with van der Waals surface area (Å²) in [6.07, 6.45) is -6.17. The van der Waals surface area contributed by atoms with Gasteiger partial charge in [0.25, 0.3) is 0 Å². The van der Waals surface area contributed by atoms with E-state index in [0.29, 0.717) is 15.5 Å². The van der Waals surface area contributed by atoms with Crippen LogP contribution in [-0.4, -0.2) is 52.2 Å². The van der Waals surface area contributed by atoms with Gasteiger partial charge in [-0.25, -0.2) is 4.79 Å². The molecule has 0 unspecified atom stereocenters. The number of alkyl halides is 3. The number of carboxylic acid groups (broad SMARTS) is 1. The number of rotatable bonds is 3. The van der Waals surface area contributed by atoms with Gasteiger partial charge in [0.2, 0.25) is 0 Å². The molecule has 1 saturated heterocycles. The lowest BCUT2D eigenvalue weighted by molar-refractivity contribution is -0.188. The number of nitrogens with zero attached hydrogens (tertiary/aromatic N) is 2. The molecule has 0 aliphatic carbocycles. The molecule has 0 spiro atoms. The largest absolute Gasteiger partial charge is 0.471 e. The Labute approximate surface area is 145 Å². The first kappa shape index (κ1) is 18.7. The van der Waals surface area contributed by atoms with E-state index < -0.39 is 24.2 Å². The van der Waals surface area contributed by atoms with Crippen LogP contribution in [0.1, 0.15) is 12.0 Å². The molecule has 1 heterocycles. The summed E-state index contributed by atoms with van der Waals surface area (Å²) >= 11 is 11.7. The molecule has 0 saturated carbocycles. The molecular formula is C14H13Cl2F3N2O3. The molecule has 1 aromatic carbocycles. The van der Waals surface area contributed by atoms with Crippen molar-refractivity contribution in [2.75, 3.05) is 13.1 Å². The fourth-order valence-corrected chi connectivity index (χ4v) is 3.00. The molecule has 132 valence electrons. The van der Waals surface area contributed by atoms with Crippen LogP contribution in [0.4, 0.5) is 18.0 Å². The number of halogens is 5. The maximum Gasteiger partial charge on any atom is 0.471 e. The molecule has 1 aliphatic heterocycles. The number of benzene rings is 1. The van der Waals surface area contributed by atoms with Crippen LogP contribution >= 0.6 is 23.2 Å². The Morgan fingerprint density at radius 1 is 1.33 bits per heavy atom. The first-order chi connectivity index (χ1) is 11.1. The Bertz CT molecular complexity index is 655. The van der Waals surface area contributed by atoms with Crippen molar-refractivity contribution in [3.8, 4) is 0 Å². The molecule has 0 bridgehead atoms. The van der Waals surface area contributed by atoms with Crippen molar-refractivity contribution in [1.82, 2.24) is 9.80 Å². The molecular weight excluding hydrogens is 372 g/mol. The quantitative estimate of drug-likeness (QED) is 0.865. The van der Waals surface area contributed by atoms with E-state index in [0.717, 1.165) is 4.90 Å². The van der Waals surface area contributed by atoms with Gasteiger partial charge in [-0.2, -0.15) is 13.2 Å². The molecule has 1 aliphatic rings. The summed E-state index contributed by atoms with van der Waals surface area (Å²) < 4.78 is 38.7. The standard InChI is InChI=1S/C14H13Cl2F3N2O3/c15-9-2-1-8(11(16)5-9)6-21(12(22)14(17,18)19)10-3-4-20(7-10)13(23)24/h1-2,5,10H,3-4,6-7H2,(H,23,24)/t10-/m0/s1. The minimum Gasteiger partial charge on any atom is -0.465 e. The summed E-state index contributed by atoms with van der Waals surface area (Å²) in [5, 5.41) is 9.39. The second-order valence-electron chi connectivity index (χ2n) is 5.34. The molecule has 1 aromatic rings. The molecule has 0 aromatic heterocycles. The first-order valence-electron chi connectivity index (χ1n) is 6.89. The number of likely N-dealkylation sites (tertiary alicyclic amines) is 1. The zero-order valence-corrected chi connectivity index (χ0v) is 13.7. The van der Waals surface area contributed by atoms with Gasteiger partial charge >= 0.3 is 18.2 Å². The highest BCUT2D eigenvalue weighted by atomic mass is 35.5. The van der Waals surface area contributed by atoms with E-state index in [1.807, 2.05) is 0 Å². The number of hydrogen-bond donors (Lipinski definition) is 1. The fourth-order valence-electron chi connectivity index (χ4n) is 2.53. The number of amides is 2. The summed E-state index contributed by atoms with van der Waals surface area (Å²) in [6, 6.07) is 3.39. The molecule has 2 amide bonds. The van der Waals surface area contributed by atoms with Gasteiger partial charge in [0.1, 0.15) is 0 Å². The molecule has 24 heavy (non-hydrogen) atoms. The van der Waals surface area contributed by atoms with E-state index in [1.165, 1.54) is 18.2 Å². The van der Waals surface area contributed by atoms with Gasteiger partial charge in [0.15, 0.2) is 0 Å². The van der Waals surface area contributed by atoms with Crippen molar-refractivity contribution >= 4 is 35.2 Å². The average Bonchev–Trinajstić information content (AvgIpc) is 2.94. The average molecular weight is 385 g/mol. The van der Waals surface area contributed by atoms with Crippen molar-refractivity contribution in [1.29, 1.82) is 0 Å². The smallest absolute Gasteiger partial charge is 0.465 e. The van der Waals surface area contributed by atoms with E-state index in [4.69, 9.17) is 28.3 Å². The third-order valence-electron chi connectivity index (χ3n) is 3.73. The van der Waals surface area contributed by atoms with Crippen LogP contribution in [0.15, 0.2) is 18.2 Å². The highest BCUT2D eigenvalue weighted by Gasteiger charge is 2.46. The second-order valence-corrected chi connectivity index (χ2v) is 6.18. The third-order valence-corrected chi connectivity index (χ3v) is 4.32. The molecule has 1 N–H and O–H groups in total. The highest BCUT2D eigenvalue weighted by Crippen LogP contribution is 2.28. The summed E-state index contributed by atoms with van der Waals surface area (Å²) in [5.74, 6) is -2.02. The second kappa shape index (κ2) is 7.06. The molecule has 2 rings (SSSR count). The Morgan fingerprint density at radius 2 is 2.00 bits per heavy atom. The Kier molecular flexibility index (Phi) is 5.49. The van der Waals surface area contributed by atoms with E-state index >= 15 is 0 Å². The van der Waals surface area contributed by atoms with Crippen LogP contribution in [0.5, 0.6) is 0 Å². The predicted molar refractivity (Wildman–Crippen MR) is 81.1 cm³/mol. The summed E-state index contributed by atoms with van der Waals surface area (Å²) in [5.41, 5.74) is 0.299. The number of carbonyl (C=O) groups excluding carboxylic acids is 1. The van der Waals surface area contributed by atoms with Crippen molar-refractivity contribution in [2.45, 2.75) is 25.2 Å². The van der Waals surface area contributed by atoms with Gasteiger partial charge in [-0.05, 0) is 24.1 Å². The van der Waals surface area contributed by atoms with Crippen molar-refractivity contribution in [3.63, 3.8) is 0 Å². The Morgan fingerprint density at radius 3 is 2.50 bits per heavy atom. The van der Waals surface area contributed by atoms with Crippen LogP contribution in [0.2, 0.25) is 10.0 Å². The predicted octanol–water partition coefficient (Wildman–Crippen LogP) is 3.64. The van der Waals surface area contributed by atoms with E-state index in [9.17, 15) is 22.8 Å². The van der Waals surface area contributed by atoms with E-state index in [2.05, 4.69) is 0 Å². The molecule has 1 atom stereocenters. The van der Waals surface area contributed by atoms with Crippen LogP contribution in [0, 0.1) is 0 Å². The van der Waals surface area contributed by atoms with Crippen LogP contribution < -0.4 is 0 Å². The summed E-state index contributed by atoms with van der Waals surface area (Å²) in [6.45, 7) is -0.495. The zero-order valence-electron chi connectivity index (χ0n) is 12.2. The molecule has 0 radical (unpaired) electrons. The topological polar surface area (TPSA) is 60.9 Å². The summed E-state index contributed by atoms with van der Waals surface area (Å²) in [4.78, 5) is 24.3. The third kappa shape index (κ3) is 4.24. The zero-order chi connectivity index (χ0) is 18.1. The van der Waals surface area contributed by atoms with Gasteiger partial charge in [-0.1, -0.05) is 29.3 Å². The van der Waals surface area contributed by atoms with Crippen molar-refractivity contribution < 1.29 is 27.9 Å². The lowest BCUT2D eigenvalue weighted by atomic mass is 10.1. The maximum absolute atomic E-state index is 12.9. The minimum absolute atomic E-state index is 0.0655. The normalized spacial score (nSPS) is 17.9. The van der Waals surface area contributed by atoms with Crippen LogP contribution in [-0.2, 0) is 11.3 Å². The first-order valence-corrected chi connectivity index (χ1v) is 7.64. The SMILES string of the molecule is O=C(O)N1CC[C@H](N(Cc2ccc(Cl)cc2Cl)C(=O)C(F)(F)F)C1. The molecule has 5 nitrogen and oxygen atoms in total. The Hall–Kier alpha value is -1.67. The number of carbonyl (C=O) groups is 2. The van der Waals surface area contributed by atoms with Gasteiger partial charge in [0.05, 0.1) is 6.04 Å². The fraction of sp³-hybridized carbons (Fsp3) is 0.429. The molecule has 1 fully saturated rings. The lowest BCUT2D eigenvalue weighted by Crippen LogP contribution is -2.48. The van der Waals surface area contributed by atoms with Gasteiger partial charge < -0.3 is 14.9 Å². The molecule has 10 heteroatoms. The van der Waals surface area contributed by atoms with Crippen molar-refractivity contribution in [2.24, 2.45) is 0 Å². The van der Waals surface area contributed by atoms with Gasteiger partial charge in [0, 0.05) is 29.7 Å². The van der Waals surface area contributed by atoms with Crippen molar-refractivity contribution in [3.05, 3.63) is 33.8 Å². The number of hydrogen-bond acceptors (Lipinski definition) is 2. The van der Waals surface area contributed by atoms with Crippen LogP contribution in [0.3, 0.4) is 0 Å². The van der Waals surface area contributed by atoms with Gasteiger partial charge in [-0.15, -0.1) is 0 Å². The summed E-state index contributed by atoms with van der Waals surface area (Å²) in [7, 11) is 0. The van der Waals surface area contributed by atoms with E-state index in [1.54, 1.807) is 0 Å². The minimum atomic E-state index is -5.06. The lowest BCUT2D eigenvalue weighted by Gasteiger charge is -2.30. The highest BCUT2D eigenvalue weighted by molar-refractivity contribution is 6.35.